The second-order valence-electron chi connectivity index (χ2n) is 14.3. The summed E-state index contributed by atoms with van der Waals surface area (Å²) >= 11 is 0. The van der Waals surface area contributed by atoms with Gasteiger partial charge in [-0.05, 0) is 90.7 Å². The first-order chi connectivity index (χ1) is 13.4. The van der Waals surface area contributed by atoms with E-state index in [1.165, 1.54) is 6.42 Å². The molecule has 3 saturated carbocycles. The number of fused-ring (bicyclic) bond motifs is 5. The van der Waals surface area contributed by atoms with Crippen LogP contribution >= 0.6 is 0 Å². The van der Waals surface area contributed by atoms with Crippen LogP contribution in [0.25, 0.3) is 0 Å². The minimum absolute atomic E-state index is 0.137. The van der Waals surface area contributed by atoms with Crippen molar-refractivity contribution in [2.45, 2.75) is 111 Å². The van der Waals surface area contributed by atoms with Gasteiger partial charge in [0.15, 0.2) is 8.32 Å². The first kappa shape index (κ1) is 23.0. The minimum Gasteiger partial charge on any atom is -0.413 e. The number of hydrogen-bond acceptors (Lipinski definition) is 2. The molecule has 4 aliphatic rings. The van der Waals surface area contributed by atoms with Gasteiger partial charge in [-0.3, -0.25) is 0 Å². The van der Waals surface area contributed by atoms with Crippen LogP contribution in [0.5, 0.6) is 0 Å². The van der Waals surface area contributed by atoms with E-state index in [4.69, 9.17) is 4.43 Å². The van der Waals surface area contributed by atoms with Gasteiger partial charge in [-0.2, -0.15) is 0 Å². The highest BCUT2D eigenvalue weighted by Gasteiger charge is 2.72. The van der Waals surface area contributed by atoms with Crippen molar-refractivity contribution < 1.29 is 9.53 Å². The standard InChI is InChI=1S/C27H48O2Si/c1-16-12-18-14-26(8,28)15-20(18)27(9)17(2)13-19-21(25(19,6)7)22(27)23(16)29-30(10,11)24(3,4)5/h15-19,21-23,28H,12-14H2,1-11H3/t16-,17-,18-,19-,21-,22-,23-,26?,27-/m1/s1. The largest absolute Gasteiger partial charge is 0.413 e. The van der Waals surface area contributed by atoms with Gasteiger partial charge in [-0.1, -0.05) is 67.0 Å². The topological polar surface area (TPSA) is 29.5 Å². The normalized spacial score (nSPS) is 50.1. The Bertz CT molecular complexity index is 742. The first-order valence-electron chi connectivity index (χ1n) is 12.6. The summed E-state index contributed by atoms with van der Waals surface area (Å²) in [6.07, 6.45) is 6.02. The molecule has 3 fully saturated rings. The van der Waals surface area contributed by atoms with E-state index in [-0.39, 0.29) is 10.5 Å². The molecule has 0 aromatic carbocycles. The maximum absolute atomic E-state index is 11.0. The molecule has 1 N–H and O–H groups in total. The molecule has 4 rings (SSSR count). The van der Waals surface area contributed by atoms with Crippen LogP contribution in [-0.4, -0.2) is 25.1 Å². The molecular formula is C27H48O2Si. The van der Waals surface area contributed by atoms with Crippen LogP contribution in [0.1, 0.15) is 81.6 Å². The summed E-state index contributed by atoms with van der Waals surface area (Å²) < 4.78 is 7.38. The van der Waals surface area contributed by atoms with Gasteiger partial charge < -0.3 is 9.53 Å². The molecule has 0 radical (unpaired) electrons. The molecule has 2 nitrogen and oxygen atoms in total. The van der Waals surface area contributed by atoms with Gasteiger partial charge in [0.2, 0.25) is 0 Å². The Labute approximate surface area is 187 Å². The summed E-state index contributed by atoms with van der Waals surface area (Å²) in [4.78, 5) is 0. The third-order valence-corrected chi connectivity index (χ3v) is 15.3. The van der Waals surface area contributed by atoms with Crippen molar-refractivity contribution >= 4 is 8.32 Å². The van der Waals surface area contributed by atoms with Crippen molar-refractivity contribution in [1.29, 1.82) is 0 Å². The van der Waals surface area contributed by atoms with Crippen LogP contribution in [0.15, 0.2) is 11.6 Å². The zero-order valence-electron chi connectivity index (χ0n) is 21.6. The van der Waals surface area contributed by atoms with Crippen LogP contribution in [0.3, 0.4) is 0 Å². The summed E-state index contributed by atoms with van der Waals surface area (Å²) in [5, 5.41) is 11.3. The van der Waals surface area contributed by atoms with E-state index in [2.05, 4.69) is 74.6 Å². The SMILES string of the molecule is C[C@@H]1C[C@@H]2CC(C)(O)C=C2[C@]2(C)[C@@H]([C@@H]1O[Si](C)(C)C(C)(C)C)[C@H]1[C@@H](C[C@H]2C)C1(C)C. The Kier molecular flexibility index (Phi) is 4.97. The van der Waals surface area contributed by atoms with Gasteiger partial charge >= 0.3 is 0 Å². The molecule has 172 valence electrons. The number of allylic oxidation sites excluding steroid dienone is 1. The summed E-state index contributed by atoms with van der Waals surface area (Å²) in [7, 11) is -1.88. The van der Waals surface area contributed by atoms with Gasteiger partial charge in [0.1, 0.15) is 0 Å². The van der Waals surface area contributed by atoms with E-state index in [1.807, 2.05) is 6.92 Å². The summed E-state index contributed by atoms with van der Waals surface area (Å²) in [5.41, 5.74) is 1.50. The average molecular weight is 433 g/mol. The lowest BCUT2D eigenvalue weighted by molar-refractivity contribution is -0.0343. The highest BCUT2D eigenvalue weighted by Crippen LogP contribution is 2.76. The molecule has 0 aromatic heterocycles. The second-order valence-corrected chi connectivity index (χ2v) is 19.1. The zero-order valence-corrected chi connectivity index (χ0v) is 22.6. The Hall–Kier alpha value is -0.123. The van der Waals surface area contributed by atoms with Gasteiger partial charge in [0.05, 0.1) is 11.7 Å². The quantitative estimate of drug-likeness (QED) is 0.374. The number of rotatable bonds is 2. The lowest BCUT2D eigenvalue weighted by Gasteiger charge is -2.52. The maximum atomic E-state index is 11.0. The van der Waals surface area contributed by atoms with Crippen molar-refractivity contribution in [3.05, 3.63) is 11.6 Å². The van der Waals surface area contributed by atoms with Gasteiger partial charge in [0, 0.05) is 0 Å². The summed E-state index contributed by atoms with van der Waals surface area (Å²) in [6, 6.07) is 0. The fraction of sp³-hybridized carbons (Fsp3) is 0.926. The van der Waals surface area contributed by atoms with Crippen molar-refractivity contribution in [2.24, 2.45) is 46.3 Å². The first-order valence-corrected chi connectivity index (χ1v) is 15.5. The third-order valence-electron chi connectivity index (χ3n) is 10.8. The highest BCUT2D eigenvalue weighted by molar-refractivity contribution is 6.74. The Morgan fingerprint density at radius 2 is 1.63 bits per heavy atom. The number of hydrogen-bond donors (Lipinski definition) is 1. The molecule has 0 spiro atoms. The van der Waals surface area contributed by atoms with E-state index in [0.717, 1.165) is 24.7 Å². The Morgan fingerprint density at radius 1 is 1.03 bits per heavy atom. The van der Waals surface area contributed by atoms with Crippen molar-refractivity contribution in [2.75, 3.05) is 0 Å². The smallest absolute Gasteiger partial charge is 0.192 e. The molecular weight excluding hydrogens is 384 g/mol. The van der Waals surface area contributed by atoms with Crippen molar-refractivity contribution in [1.82, 2.24) is 0 Å². The fourth-order valence-corrected chi connectivity index (χ4v) is 9.28. The molecule has 4 aliphatic carbocycles. The minimum atomic E-state index is -1.88. The van der Waals surface area contributed by atoms with E-state index in [0.29, 0.717) is 35.2 Å². The zero-order chi connectivity index (χ0) is 22.7. The fourth-order valence-electron chi connectivity index (χ4n) is 7.87. The van der Waals surface area contributed by atoms with Gasteiger partial charge in [-0.25, -0.2) is 0 Å². The average Bonchev–Trinajstić information content (AvgIpc) is 2.95. The van der Waals surface area contributed by atoms with Crippen LogP contribution in [0.4, 0.5) is 0 Å². The van der Waals surface area contributed by atoms with E-state index in [9.17, 15) is 5.11 Å². The van der Waals surface area contributed by atoms with E-state index < -0.39 is 13.9 Å². The van der Waals surface area contributed by atoms with Crippen LogP contribution < -0.4 is 0 Å². The molecule has 0 saturated heterocycles. The lowest BCUT2D eigenvalue weighted by atomic mass is 9.56. The van der Waals surface area contributed by atoms with Crippen molar-refractivity contribution in [3.63, 3.8) is 0 Å². The molecule has 30 heavy (non-hydrogen) atoms. The maximum Gasteiger partial charge on any atom is 0.192 e. The molecule has 0 bridgehead atoms. The van der Waals surface area contributed by atoms with Crippen LogP contribution in [0.2, 0.25) is 18.1 Å². The molecule has 9 atom stereocenters. The van der Waals surface area contributed by atoms with Gasteiger partial charge in [-0.15, -0.1) is 0 Å². The Morgan fingerprint density at radius 3 is 2.20 bits per heavy atom. The Balaban J connectivity index is 1.85. The lowest BCUT2D eigenvalue weighted by Crippen LogP contribution is -2.53. The van der Waals surface area contributed by atoms with Gasteiger partial charge in [0.25, 0.3) is 0 Å². The summed E-state index contributed by atoms with van der Waals surface area (Å²) in [6.45, 7) is 26.6. The molecule has 0 amide bonds. The monoisotopic (exact) mass is 432 g/mol. The molecule has 0 heterocycles. The number of aliphatic hydroxyl groups is 1. The molecule has 1 unspecified atom stereocenters. The summed E-state index contributed by atoms with van der Waals surface area (Å²) in [5.74, 6) is 3.84. The highest BCUT2D eigenvalue weighted by atomic mass is 28.4. The van der Waals surface area contributed by atoms with Crippen LogP contribution in [0, 0.1) is 46.3 Å². The molecule has 0 aromatic rings. The predicted molar refractivity (Wildman–Crippen MR) is 129 cm³/mol. The van der Waals surface area contributed by atoms with E-state index in [1.54, 1.807) is 5.57 Å². The van der Waals surface area contributed by atoms with E-state index >= 15 is 0 Å². The van der Waals surface area contributed by atoms with Crippen molar-refractivity contribution in [3.8, 4) is 0 Å². The second kappa shape index (κ2) is 6.47. The third kappa shape index (κ3) is 3.16. The molecule has 3 heteroatoms. The van der Waals surface area contributed by atoms with Crippen LogP contribution in [-0.2, 0) is 4.43 Å². The predicted octanol–water partition coefficient (Wildman–Crippen LogP) is 7.05. The molecule has 0 aliphatic heterocycles.